The number of aromatic nitrogens is 3. The Morgan fingerprint density at radius 1 is 0.857 bits per heavy atom. The number of nitrogens with zero attached hydrogens (tertiary/aromatic N) is 3. The fraction of sp³-hybridized carbons (Fsp3) is 0.0417. The van der Waals surface area contributed by atoms with Gasteiger partial charge in [-0.15, -0.1) is 0 Å². The number of benzene rings is 2. The molecule has 0 bridgehead atoms. The minimum Gasteiger partial charge on any atom is -0.289 e. The van der Waals surface area contributed by atoms with Crippen LogP contribution in [0.15, 0.2) is 91.4 Å². The van der Waals surface area contributed by atoms with E-state index in [-0.39, 0.29) is 5.78 Å². The Bertz CT molecular complexity index is 1110. The molecule has 0 radical (unpaired) electrons. The average Bonchev–Trinajstić information content (AvgIpc) is 3.14. The summed E-state index contributed by atoms with van der Waals surface area (Å²) >= 11 is 0. The Labute approximate surface area is 163 Å². The highest BCUT2D eigenvalue weighted by Gasteiger charge is 2.09. The number of rotatable bonds is 5. The van der Waals surface area contributed by atoms with E-state index < -0.39 is 0 Å². The number of aryl methyl sites for hydroxylation is 1. The lowest BCUT2D eigenvalue weighted by Crippen LogP contribution is -1.94. The van der Waals surface area contributed by atoms with Gasteiger partial charge in [-0.1, -0.05) is 54.6 Å². The SMILES string of the molecule is Cn1cc(C=CC(=O)c2ccc(-c3ccccc3)cc2)c(-c2ccncc2)n1. The van der Waals surface area contributed by atoms with Gasteiger partial charge in [0.25, 0.3) is 0 Å². The summed E-state index contributed by atoms with van der Waals surface area (Å²) in [7, 11) is 1.87. The molecule has 4 aromatic rings. The lowest BCUT2D eigenvalue weighted by atomic mass is 10.0. The third-order valence-corrected chi connectivity index (χ3v) is 4.50. The Morgan fingerprint density at radius 3 is 2.25 bits per heavy atom. The first-order chi connectivity index (χ1) is 13.7. The summed E-state index contributed by atoms with van der Waals surface area (Å²) in [5.74, 6) is -0.0378. The maximum atomic E-state index is 12.6. The largest absolute Gasteiger partial charge is 0.289 e. The van der Waals surface area contributed by atoms with Crippen molar-refractivity contribution >= 4 is 11.9 Å². The van der Waals surface area contributed by atoms with Crippen LogP contribution in [-0.4, -0.2) is 20.5 Å². The van der Waals surface area contributed by atoms with Crippen LogP contribution in [0.3, 0.4) is 0 Å². The van der Waals surface area contributed by atoms with Crippen molar-refractivity contribution in [2.45, 2.75) is 0 Å². The second-order valence-corrected chi connectivity index (χ2v) is 6.48. The molecule has 4 rings (SSSR count). The molecule has 4 heteroatoms. The quantitative estimate of drug-likeness (QED) is 0.367. The number of hydrogen-bond donors (Lipinski definition) is 0. The van der Waals surface area contributed by atoms with Gasteiger partial charge in [-0.25, -0.2) is 0 Å². The predicted molar refractivity (Wildman–Crippen MR) is 112 cm³/mol. The summed E-state index contributed by atoms with van der Waals surface area (Å²) < 4.78 is 1.74. The molecule has 0 amide bonds. The van der Waals surface area contributed by atoms with E-state index in [1.54, 1.807) is 23.2 Å². The Morgan fingerprint density at radius 2 is 1.54 bits per heavy atom. The second-order valence-electron chi connectivity index (χ2n) is 6.48. The highest BCUT2D eigenvalue weighted by Crippen LogP contribution is 2.23. The highest BCUT2D eigenvalue weighted by molar-refractivity contribution is 6.07. The van der Waals surface area contributed by atoms with Crippen molar-refractivity contribution in [3.8, 4) is 22.4 Å². The molecule has 2 aromatic heterocycles. The molecule has 0 unspecified atom stereocenters. The fourth-order valence-corrected chi connectivity index (χ4v) is 3.08. The molecule has 28 heavy (non-hydrogen) atoms. The van der Waals surface area contributed by atoms with E-state index in [0.29, 0.717) is 5.56 Å². The maximum absolute atomic E-state index is 12.6. The van der Waals surface area contributed by atoms with Crippen LogP contribution in [0.1, 0.15) is 15.9 Å². The smallest absolute Gasteiger partial charge is 0.185 e. The standard InChI is InChI=1S/C24H19N3O/c1-27-17-22(24(26-27)21-13-15-25-16-14-21)11-12-23(28)20-9-7-19(8-10-20)18-5-3-2-4-6-18/h2-17H,1H3. The first-order valence-electron chi connectivity index (χ1n) is 9.02. The number of pyridine rings is 1. The number of carbonyl (C=O) groups is 1. The zero-order valence-electron chi connectivity index (χ0n) is 15.5. The van der Waals surface area contributed by atoms with Crippen molar-refractivity contribution in [2.75, 3.05) is 0 Å². The van der Waals surface area contributed by atoms with Gasteiger partial charge in [0.15, 0.2) is 5.78 Å². The fourth-order valence-electron chi connectivity index (χ4n) is 3.08. The summed E-state index contributed by atoms with van der Waals surface area (Å²) in [5.41, 5.74) is 5.57. The van der Waals surface area contributed by atoms with Crippen molar-refractivity contribution in [3.05, 3.63) is 103 Å². The van der Waals surface area contributed by atoms with Gasteiger partial charge in [-0.3, -0.25) is 14.5 Å². The Kier molecular flexibility index (Phi) is 4.93. The predicted octanol–water partition coefficient (Wildman–Crippen LogP) is 5.05. The van der Waals surface area contributed by atoms with Crippen LogP contribution in [0.2, 0.25) is 0 Å². The van der Waals surface area contributed by atoms with Crippen molar-refractivity contribution in [1.82, 2.24) is 14.8 Å². The molecule has 0 N–H and O–H groups in total. The molecule has 0 atom stereocenters. The molecule has 0 aliphatic heterocycles. The minimum atomic E-state index is -0.0378. The molecular formula is C24H19N3O. The van der Waals surface area contributed by atoms with Crippen LogP contribution in [0, 0.1) is 0 Å². The van der Waals surface area contributed by atoms with E-state index in [4.69, 9.17) is 0 Å². The third kappa shape index (κ3) is 3.81. The molecule has 2 aromatic carbocycles. The van der Waals surface area contributed by atoms with Gasteiger partial charge in [-0.05, 0) is 35.4 Å². The van der Waals surface area contributed by atoms with Crippen LogP contribution in [0.5, 0.6) is 0 Å². The topological polar surface area (TPSA) is 47.8 Å². The summed E-state index contributed by atoms with van der Waals surface area (Å²) in [6, 6.07) is 21.6. The van der Waals surface area contributed by atoms with Gasteiger partial charge in [-0.2, -0.15) is 5.10 Å². The number of allylic oxidation sites excluding steroid dienone is 1. The maximum Gasteiger partial charge on any atom is 0.185 e. The van der Waals surface area contributed by atoms with Gasteiger partial charge in [0, 0.05) is 42.3 Å². The summed E-state index contributed by atoms with van der Waals surface area (Å²) in [6.07, 6.45) is 8.78. The van der Waals surface area contributed by atoms with Gasteiger partial charge >= 0.3 is 0 Å². The minimum absolute atomic E-state index is 0.0378. The van der Waals surface area contributed by atoms with Crippen molar-refractivity contribution in [1.29, 1.82) is 0 Å². The van der Waals surface area contributed by atoms with E-state index in [9.17, 15) is 4.79 Å². The van der Waals surface area contributed by atoms with Gasteiger partial charge in [0.2, 0.25) is 0 Å². The molecule has 4 nitrogen and oxygen atoms in total. The molecular weight excluding hydrogens is 346 g/mol. The number of carbonyl (C=O) groups excluding carboxylic acids is 1. The molecule has 0 spiro atoms. The van der Waals surface area contributed by atoms with Crippen molar-refractivity contribution in [3.63, 3.8) is 0 Å². The average molecular weight is 365 g/mol. The van der Waals surface area contributed by atoms with Crippen LogP contribution < -0.4 is 0 Å². The molecule has 0 aliphatic rings. The summed E-state index contributed by atoms with van der Waals surface area (Å²) in [6.45, 7) is 0. The van der Waals surface area contributed by atoms with Crippen molar-refractivity contribution in [2.24, 2.45) is 7.05 Å². The van der Waals surface area contributed by atoms with E-state index in [1.165, 1.54) is 0 Å². The van der Waals surface area contributed by atoms with E-state index in [1.807, 2.05) is 73.9 Å². The lowest BCUT2D eigenvalue weighted by Gasteiger charge is -2.02. The van der Waals surface area contributed by atoms with Gasteiger partial charge in [0.1, 0.15) is 0 Å². The zero-order chi connectivity index (χ0) is 19.3. The molecule has 0 saturated carbocycles. The molecule has 0 fully saturated rings. The van der Waals surface area contributed by atoms with Crippen LogP contribution >= 0.6 is 0 Å². The third-order valence-electron chi connectivity index (χ3n) is 4.50. The normalized spacial score (nSPS) is 11.0. The Hall–Kier alpha value is -3.79. The number of hydrogen-bond acceptors (Lipinski definition) is 3. The molecule has 0 saturated heterocycles. The summed E-state index contributed by atoms with van der Waals surface area (Å²) in [5, 5.41) is 4.50. The summed E-state index contributed by atoms with van der Waals surface area (Å²) in [4.78, 5) is 16.6. The van der Waals surface area contributed by atoms with Crippen LogP contribution in [0.25, 0.3) is 28.5 Å². The lowest BCUT2D eigenvalue weighted by molar-refractivity contribution is 0.104. The van der Waals surface area contributed by atoms with E-state index >= 15 is 0 Å². The zero-order valence-corrected chi connectivity index (χ0v) is 15.5. The Balaban J connectivity index is 1.55. The first-order valence-corrected chi connectivity index (χ1v) is 9.02. The van der Waals surface area contributed by atoms with Crippen molar-refractivity contribution < 1.29 is 4.79 Å². The van der Waals surface area contributed by atoms with Gasteiger partial charge in [0.05, 0.1) is 5.69 Å². The monoisotopic (exact) mass is 365 g/mol. The number of ketones is 1. The molecule has 0 aliphatic carbocycles. The van der Waals surface area contributed by atoms with E-state index in [0.717, 1.165) is 27.9 Å². The second kappa shape index (κ2) is 7.84. The van der Waals surface area contributed by atoms with Crippen LogP contribution in [-0.2, 0) is 7.05 Å². The molecule has 136 valence electrons. The molecule has 2 heterocycles. The highest BCUT2D eigenvalue weighted by atomic mass is 16.1. The van der Waals surface area contributed by atoms with Crippen LogP contribution in [0.4, 0.5) is 0 Å². The van der Waals surface area contributed by atoms with E-state index in [2.05, 4.69) is 22.2 Å². The first kappa shape index (κ1) is 17.6. The van der Waals surface area contributed by atoms with Gasteiger partial charge < -0.3 is 0 Å².